The third-order valence-electron chi connectivity index (χ3n) is 6.65. The maximum absolute atomic E-state index is 13.0. The number of likely N-dealkylation sites (tertiary alicyclic amines) is 1. The summed E-state index contributed by atoms with van der Waals surface area (Å²) in [5.41, 5.74) is 2.61. The van der Waals surface area contributed by atoms with Crippen molar-refractivity contribution in [3.05, 3.63) is 101 Å². The predicted octanol–water partition coefficient (Wildman–Crippen LogP) is 3.44. The number of amides is 3. The summed E-state index contributed by atoms with van der Waals surface area (Å²) >= 11 is 0. The molecule has 1 saturated heterocycles. The maximum Gasteiger partial charge on any atom is 0.326 e. The van der Waals surface area contributed by atoms with E-state index < -0.39 is 29.9 Å². The van der Waals surface area contributed by atoms with Crippen LogP contribution in [0.5, 0.6) is 0 Å². The van der Waals surface area contributed by atoms with Crippen LogP contribution in [0.15, 0.2) is 78.9 Å². The van der Waals surface area contributed by atoms with E-state index in [1.165, 1.54) is 11.8 Å². The number of aliphatic carboxylic acids is 1. The van der Waals surface area contributed by atoms with Crippen LogP contribution in [0.2, 0.25) is 0 Å². The van der Waals surface area contributed by atoms with Crippen LogP contribution in [0.4, 0.5) is 5.69 Å². The van der Waals surface area contributed by atoms with Gasteiger partial charge in [-0.15, -0.1) is 0 Å². The molecule has 3 N–H and O–H groups in total. The van der Waals surface area contributed by atoms with Gasteiger partial charge in [0.1, 0.15) is 12.1 Å². The summed E-state index contributed by atoms with van der Waals surface area (Å²) in [6.45, 7) is 1.69. The van der Waals surface area contributed by atoms with Crippen LogP contribution in [0.25, 0.3) is 0 Å². The number of carboxylic acid groups (broad SMARTS) is 1. The van der Waals surface area contributed by atoms with Gasteiger partial charge in [0.25, 0.3) is 5.91 Å². The van der Waals surface area contributed by atoms with Gasteiger partial charge >= 0.3 is 5.97 Å². The number of ketones is 1. The zero-order valence-electron chi connectivity index (χ0n) is 21.4. The lowest BCUT2D eigenvalue weighted by Crippen LogP contribution is -2.50. The van der Waals surface area contributed by atoms with Crippen molar-refractivity contribution in [1.29, 1.82) is 0 Å². The van der Waals surface area contributed by atoms with E-state index in [2.05, 4.69) is 10.6 Å². The minimum Gasteiger partial charge on any atom is -0.480 e. The summed E-state index contributed by atoms with van der Waals surface area (Å²) in [5.74, 6) is -2.45. The Morgan fingerprint density at radius 3 is 2.26 bits per heavy atom. The summed E-state index contributed by atoms with van der Waals surface area (Å²) in [5, 5.41) is 15.1. The van der Waals surface area contributed by atoms with Gasteiger partial charge in [0.15, 0.2) is 5.78 Å². The fraction of sp³-hybridized carbons (Fsp3) is 0.233. The molecule has 0 unspecified atom stereocenters. The average Bonchev–Trinajstić information content (AvgIpc) is 3.29. The van der Waals surface area contributed by atoms with Crippen LogP contribution in [0, 0.1) is 0 Å². The Kier molecular flexibility index (Phi) is 8.50. The molecule has 9 heteroatoms. The lowest BCUT2D eigenvalue weighted by molar-refractivity contribution is -0.143. The Hall–Kier alpha value is -4.79. The Balaban J connectivity index is 1.40. The molecule has 1 fully saturated rings. The van der Waals surface area contributed by atoms with Gasteiger partial charge in [-0.2, -0.15) is 0 Å². The van der Waals surface area contributed by atoms with Crippen LogP contribution in [-0.4, -0.2) is 51.6 Å². The zero-order valence-corrected chi connectivity index (χ0v) is 21.4. The highest BCUT2D eigenvalue weighted by molar-refractivity contribution is 6.09. The molecule has 2 atom stereocenters. The van der Waals surface area contributed by atoms with E-state index in [-0.39, 0.29) is 31.1 Å². The topological polar surface area (TPSA) is 133 Å². The summed E-state index contributed by atoms with van der Waals surface area (Å²) in [7, 11) is 0. The van der Waals surface area contributed by atoms with Gasteiger partial charge in [-0.25, -0.2) is 4.79 Å². The molecule has 0 spiro atoms. The first-order valence-electron chi connectivity index (χ1n) is 12.6. The Bertz CT molecular complexity index is 1390. The third kappa shape index (κ3) is 6.75. The average molecular weight is 528 g/mol. The summed E-state index contributed by atoms with van der Waals surface area (Å²) in [6.07, 6.45) is 0.541. The Labute approximate surface area is 225 Å². The fourth-order valence-electron chi connectivity index (χ4n) is 4.57. The minimum atomic E-state index is -1.21. The number of carbonyl (C=O) groups is 5. The summed E-state index contributed by atoms with van der Waals surface area (Å²) in [4.78, 5) is 63.5. The molecule has 0 saturated carbocycles. The van der Waals surface area contributed by atoms with E-state index >= 15 is 0 Å². The number of hydrogen-bond donors (Lipinski definition) is 3. The van der Waals surface area contributed by atoms with E-state index in [0.717, 1.165) is 5.56 Å². The van der Waals surface area contributed by atoms with Crippen molar-refractivity contribution in [3.63, 3.8) is 0 Å². The molecule has 3 amide bonds. The number of carbonyl (C=O) groups excluding carboxylic acids is 4. The third-order valence-corrected chi connectivity index (χ3v) is 6.65. The molecule has 3 aromatic carbocycles. The van der Waals surface area contributed by atoms with Gasteiger partial charge in [-0.1, -0.05) is 54.6 Å². The number of hydrogen-bond acceptors (Lipinski definition) is 5. The molecule has 0 aromatic heterocycles. The van der Waals surface area contributed by atoms with Crippen LogP contribution in [-0.2, 0) is 27.3 Å². The molecule has 1 aliphatic rings. The van der Waals surface area contributed by atoms with Crippen molar-refractivity contribution in [2.45, 2.75) is 44.8 Å². The summed E-state index contributed by atoms with van der Waals surface area (Å²) < 4.78 is 0. The second kappa shape index (κ2) is 12.2. The molecule has 9 nitrogen and oxygen atoms in total. The predicted molar refractivity (Wildman–Crippen MR) is 144 cm³/mol. The molecule has 0 bridgehead atoms. The smallest absolute Gasteiger partial charge is 0.326 e. The first kappa shape index (κ1) is 27.3. The number of nitrogens with zero attached hydrogens (tertiary/aromatic N) is 1. The van der Waals surface area contributed by atoms with E-state index in [0.29, 0.717) is 28.8 Å². The van der Waals surface area contributed by atoms with E-state index in [1.54, 1.807) is 48.5 Å². The van der Waals surface area contributed by atoms with Crippen molar-refractivity contribution >= 4 is 35.2 Å². The van der Waals surface area contributed by atoms with Gasteiger partial charge < -0.3 is 20.6 Å². The Morgan fingerprint density at radius 1 is 0.923 bits per heavy atom. The van der Waals surface area contributed by atoms with Crippen LogP contribution in [0.3, 0.4) is 0 Å². The van der Waals surface area contributed by atoms with Gasteiger partial charge in [0, 0.05) is 30.5 Å². The highest BCUT2D eigenvalue weighted by Crippen LogP contribution is 2.22. The van der Waals surface area contributed by atoms with Crippen molar-refractivity contribution < 1.29 is 29.1 Å². The van der Waals surface area contributed by atoms with Gasteiger partial charge in [0.2, 0.25) is 11.8 Å². The molecular weight excluding hydrogens is 498 g/mol. The summed E-state index contributed by atoms with van der Waals surface area (Å²) in [6, 6.07) is 20.4. The minimum absolute atomic E-state index is 0.00447. The first-order valence-corrected chi connectivity index (χ1v) is 12.6. The number of Topliss-reactive ketones (excluding diaryl/α,β-unsaturated/α-hetero) is 1. The van der Waals surface area contributed by atoms with Crippen molar-refractivity contribution in [1.82, 2.24) is 10.2 Å². The second-order valence-corrected chi connectivity index (χ2v) is 9.42. The normalized spacial score (nSPS) is 15.5. The fourth-order valence-corrected chi connectivity index (χ4v) is 4.57. The molecule has 4 rings (SSSR count). The molecule has 0 radical (unpaired) electrons. The Morgan fingerprint density at radius 2 is 1.59 bits per heavy atom. The monoisotopic (exact) mass is 527 g/mol. The second-order valence-electron chi connectivity index (χ2n) is 9.42. The molecule has 0 aliphatic carbocycles. The maximum atomic E-state index is 13.0. The van der Waals surface area contributed by atoms with Crippen molar-refractivity contribution in [2.24, 2.45) is 0 Å². The lowest BCUT2D eigenvalue weighted by Gasteiger charge is -2.25. The lowest BCUT2D eigenvalue weighted by atomic mass is 10.0. The van der Waals surface area contributed by atoms with E-state index in [4.69, 9.17) is 0 Å². The number of nitrogens with one attached hydrogen (secondary N) is 2. The molecule has 1 heterocycles. The molecule has 3 aromatic rings. The standard InChI is InChI=1S/C30H29N3O6/c1-19(34)23-9-5-6-10-24(23)31-28(36)22-13-11-20(12-14-22)17-25(30(38)39)32-29(37)26-15-16-27(35)33(26)18-21-7-3-2-4-8-21/h2-14,25-26H,15-18H2,1H3,(H,31,36)(H,32,37)(H,38,39)/t25-,26-/m0/s1. The van der Waals surface area contributed by atoms with Crippen molar-refractivity contribution in [2.75, 3.05) is 5.32 Å². The number of carboxylic acids is 1. The highest BCUT2D eigenvalue weighted by atomic mass is 16.4. The van der Waals surface area contributed by atoms with Crippen LogP contribution < -0.4 is 10.6 Å². The largest absolute Gasteiger partial charge is 0.480 e. The molecular formula is C30H29N3O6. The van der Waals surface area contributed by atoms with Crippen LogP contribution >= 0.6 is 0 Å². The molecule has 39 heavy (non-hydrogen) atoms. The molecule has 200 valence electrons. The van der Waals surface area contributed by atoms with Crippen LogP contribution in [0.1, 0.15) is 51.6 Å². The van der Waals surface area contributed by atoms with Gasteiger partial charge in [0.05, 0.1) is 5.69 Å². The number of rotatable bonds is 10. The van der Waals surface area contributed by atoms with E-state index in [1.807, 2.05) is 30.3 Å². The SMILES string of the molecule is CC(=O)c1ccccc1NC(=O)c1ccc(C[C@H](NC(=O)[C@@H]2CCC(=O)N2Cc2ccccc2)C(=O)O)cc1. The highest BCUT2D eigenvalue weighted by Gasteiger charge is 2.37. The first-order chi connectivity index (χ1) is 18.7. The quantitative estimate of drug-likeness (QED) is 0.346. The van der Waals surface area contributed by atoms with Gasteiger partial charge in [-0.3, -0.25) is 19.2 Å². The van der Waals surface area contributed by atoms with Gasteiger partial charge in [-0.05, 0) is 48.7 Å². The van der Waals surface area contributed by atoms with Crippen molar-refractivity contribution in [3.8, 4) is 0 Å². The molecule has 1 aliphatic heterocycles. The zero-order chi connectivity index (χ0) is 27.9. The number of anilines is 1. The number of para-hydroxylation sites is 1. The number of benzene rings is 3. The van der Waals surface area contributed by atoms with E-state index in [9.17, 15) is 29.1 Å².